The first-order valence-corrected chi connectivity index (χ1v) is 10.3. The first-order valence-electron chi connectivity index (χ1n) is 10.3. The zero-order valence-electron chi connectivity index (χ0n) is 17.1. The smallest absolute Gasteiger partial charge is 0.122 e. The molecule has 0 fully saturated rings. The lowest BCUT2D eigenvalue weighted by Crippen LogP contribution is -2.30. The Labute approximate surface area is 180 Å². The fourth-order valence-corrected chi connectivity index (χ4v) is 3.98. The van der Waals surface area contributed by atoms with E-state index in [1.807, 2.05) is 48.8 Å². The number of aromatic nitrogens is 2. The molecule has 5 nitrogen and oxygen atoms in total. The molecule has 0 aliphatic carbocycles. The number of rotatable bonds is 6. The van der Waals surface area contributed by atoms with E-state index in [1.165, 1.54) is 10.9 Å². The van der Waals surface area contributed by atoms with Gasteiger partial charge in [0.15, 0.2) is 0 Å². The van der Waals surface area contributed by atoms with Crippen LogP contribution in [-0.4, -0.2) is 22.6 Å². The van der Waals surface area contributed by atoms with E-state index < -0.39 is 0 Å². The van der Waals surface area contributed by atoms with Crippen LogP contribution in [0.5, 0.6) is 5.75 Å². The van der Waals surface area contributed by atoms with Gasteiger partial charge < -0.3 is 21.2 Å². The molecule has 154 valence electrons. The van der Waals surface area contributed by atoms with Gasteiger partial charge in [-0.1, -0.05) is 30.3 Å². The van der Waals surface area contributed by atoms with E-state index in [2.05, 4.69) is 40.3 Å². The van der Waals surface area contributed by atoms with Gasteiger partial charge in [-0.25, -0.2) is 0 Å². The van der Waals surface area contributed by atoms with Gasteiger partial charge in [0.2, 0.25) is 0 Å². The summed E-state index contributed by atoms with van der Waals surface area (Å²) in [5.41, 5.74) is 17.6. The summed E-state index contributed by atoms with van der Waals surface area (Å²) in [5.74, 6) is 0.721. The van der Waals surface area contributed by atoms with Crippen LogP contribution in [-0.2, 0) is 6.42 Å². The number of benzene rings is 3. The Bertz CT molecular complexity index is 1360. The third kappa shape index (κ3) is 4.09. The molecular formula is C26H24N4O. The molecule has 0 aliphatic heterocycles. The second kappa shape index (κ2) is 8.13. The van der Waals surface area contributed by atoms with E-state index in [0.29, 0.717) is 12.3 Å². The number of ether oxygens (including phenoxy) is 1. The van der Waals surface area contributed by atoms with Crippen LogP contribution in [0.1, 0.15) is 5.56 Å². The molecule has 0 amide bonds. The fraction of sp³-hybridized carbons (Fsp3) is 0.115. The number of H-pyrrole nitrogens is 1. The molecule has 5 rings (SSSR count). The number of hydrogen-bond donors (Lipinski definition) is 3. The third-order valence-corrected chi connectivity index (χ3v) is 5.52. The Kier molecular flexibility index (Phi) is 5.02. The molecule has 1 atom stereocenters. The molecule has 0 bridgehead atoms. The summed E-state index contributed by atoms with van der Waals surface area (Å²) in [7, 11) is 0. The van der Waals surface area contributed by atoms with Crippen LogP contribution in [0.25, 0.3) is 32.8 Å². The van der Waals surface area contributed by atoms with Crippen LogP contribution in [0.15, 0.2) is 85.3 Å². The van der Waals surface area contributed by atoms with Crippen LogP contribution in [0.2, 0.25) is 0 Å². The number of nitrogen functional groups attached to an aromatic ring is 1. The predicted molar refractivity (Wildman–Crippen MR) is 127 cm³/mol. The number of nitrogens with one attached hydrogen (secondary N) is 1. The van der Waals surface area contributed by atoms with Crippen molar-refractivity contribution in [1.29, 1.82) is 0 Å². The number of aromatic amines is 1. The van der Waals surface area contributed by atoms with Gasteiger partial charge in [0.1, 0.15) is 12.4 Å². The largest absolute Gasteiger partial charge is 0.492 e. The Hall–Kier alpha value is -3.83. The molecule has 5 aromatic rings. The molecule has 0 spiro atoms. The van der Waals surface area contributed by atoms with Crippen molar-refractivity contribution in [1.82, 2.24) is 9.97 Å². The van der Waals surface area contributed by atoms with E-state index in [-0.39, 0.29) is 6.04 Å². The van der Waals surface area contributed by atoms with Gasteiger partial charge in [0.05, 0.1) is 0 Å². The van der Waals surface area contributed by atoms with Crippen molar-refractivity contribution in [2.75, 3.05) is 12.3 Å². The molecule has 5 N–H and O–H groups in total. The van der Waals surface area contributed by atoms with Crippen molar-refractivity contribution in [3.05, 3.63) is 90.9 Å². The molecule has 0 saturated carbocycles. The van der Waals surface area contributed by atoms with Crippen LogP contribution < -0.4 is 16.2 Å². The number of fused-ring (bicyclic) bond motifs is 2. The average molecular weight is 409 g/mol. The lowest BCUT2D eigenvalue weighted by atomic mass is 10.0. The minimum atomic E-state index is -0.128. The first kappa shape index (κ1) is 19.2. The van der Waals surface area contributed by atoms with Crippen molar-refractivity contribution in [2.24, 2.45) is 5.73 Å². The molecule has 5 heteroatoms. The van der Waals surface area contributed by atoms with Crippen molar-refractivity contribution in [2.45, 2.75) is 12.5 Å². The Morgan fingerprint density at radius 1 is 0.935 bits per heavy atom. The van der Waals surface area contributed by atoms with E-state index in [4.69, 9.17) is 16.2 Å². The van der Waals surface area contributed by atoms with Gasteiger partial charge in [-0.3, -0.25) is 4.98 Å². The number of nitrogens with zero attached hydrogens (tertiary/aromatic N) is 1. The normalized spacial score (nSPS) is 12.3. The van der Waals surface area contributed by atoms with Crippen LogP contribution in [0, 0.1) is 0 Å². The highest BCUT2D eigenvalue weighted by Gasteiger charge is 2.11. The molecular weight excluding hydrogens is 384 g/mol. The fourth-order valence-electron chi connectivity index (χ4n) is 3.98. The zero-order valence-corrected chi connectivity index (χ0v) is 17.1. The molecule has 2 heterocycles. The molecule has 1 unspecified atom stereocenters. The van der Waals surface area contributed by atoms with Gasteiger partial charge in [-0.15, -0.1) is 0 Å². The highest BCUT2D eigenvalue weighted by molar-refractivity contribution is 5.87. The zero-order chi connectivity index (χ0) is 21.2. The lowest BCUT2D eigenvalue weighted by molar-refractivity contribution is 0.288. The van der Waals surface area contributed by atoms with Crippen molar-refractivity contribution >= 4 is 27.4 Å². The highest BCUT2D eigenvalue weighted by atomic mass is 16.5. The monoisotopic (exact) mass is 408 g/mol. The predicted octanol–water partition coefficient (Wildman–Crippen LogP) is 4.91. The quantitative estimate of drug-likeness (QED) is 0.348. The number of nitrogens with two attached hydrogens (primary N) is 2. The Morgan fingerprint density at radius 2 is 1.84 bits per heavy atom. The number of para-hydroxylation sites is 1. The molecule has 0 radical (unpaired) electrons. The first-order chi connectivity index (χ1) is 15.2. The summed E-state index contributed by atoms with van der Waals surface area (Å²) in [4.78, 5) is 7.47. The van der Waals surface area contributed by atoms with Crippen molar-refractivity contribution in [3.63, 3.8) is 0 Å². The number of hydrogen-bond acceptors (Lipinski definition) is 4. The maximum atomic E-state index is 6.38. The number of anilines is 1. The van der Waals surface area contributed by atoms with E-state index in [9.17, 15) is 0 Å². The van der Waals surface area contributed by atoms with Gasteiger partial charge in [0.25, 0.3) is 0 Å². The minimum absolute atomic E-state index is 0.128. The standard InChI is InChI=1S/C26H24N4O/c27-22-10-20(17-5-6-19-14-29-8-7-18(19)9-17)12-24(13-22)31-16-23(28)11-21-15-30-26-4-2-1-3-25(21)26/h1-10,12-15,23,30H,11,16,27-28H2. The minimum Gasteiger partial charge on any atom is -0.492 e. The van der Waals surface area contributed by atoms with Crippen molar-refractivity contribution < 1.29 is 4.74 Å². The summed E-state index contributed by atoms with van der Waals surface area (Å²) >= 11 is 0. The molecule has 3 aromatic carbocycles. The molecule has 0 saturated heterocycles. The van der Waals surface area contributed by atoms with Crippen molar-refractivity contribution in [3.8, 4) is 16.9 Å². The summed E-state index contributed by atoms with van der Waals surface area (Å²) in [5, 5.41) is 3.45. The average Bonchev–Trinajstić information content (AvgIpc) is 3.20. The van der Waals surface area contributed by atoms with Gasteiger partial charge >= 0.3 is 0 Å². The summed E-state index contributed by atoms with van der Waals surface area (Å²) in [6, 6.07) is 22.2. The number of pyridine rings is 1. The van der Waals surface area contributed by atoms with E-state index in [0.717, 1.165) is 39.6 Å². The van der Waals surface area contributed by atoms with Crippen LogP contribution in [0.3, 0.4) is 0 Å². The maximum absolute atomic E-state index is 6.38. The SMILES string of the molecule is Nc1cc(OCC(N)Cc2c[nH]c3ccccc23)cc(-c2ccc3cnccc3c2)c1. The Balaban J connectivity index is 1.32. The highest BCUT2D eigenvalue weighted by Crippen LogP contribution is 2.30. The maximum Gasteiger partial charge on any atom is 0.122 e. The summed E-state index contributed by atoms with van der Waals surface area (Å²) in [6.07, 6.45) is 6.42. The van der Waals surface area contributed by atoms with Crippen LogP contribution >= 0.6 is 0 Å². The molecule has 31 heavy (non-hydrogen) atoms. The molecule has 0 aliphatic rings. The van der Waals surface area contributed by atoms with E-state index >= 15 is 0 Å². The van der Waals surface area contributed by atoms with Crippen LogP contribution in [0.4, 0.5) is 5.69 Å². The second-order valence-electron chi connectivity index (χ2n) is 7.86. The topological polar surface area (TPSA) is 90.0 Å². The third-order valence-electron chi connectivity index (χ3n) is 5.52. The Morgan fingerprint density at radius 3 is 2.77 bits per heavy atom. The van der Waals surface area contributed by atoms with Gasteiger partial charge in [-0.2, -0.15) is 0 Å². The van der Waals surface area contributed by atoms with Gasteiger partial charge in [0, 0.05) is 52.7 Å². The van der Waals surface area contributed by atoms with Gasteiger partial charge in [-0.05, 0) is 58.8 Å². The lowest BCUT2D eigenvalue weighted by Gasteiger charge is -2.15. The molecule has 2 aromatic heterocycles. The second-order valence-corrected chi connectivity index (χ2v) is 7.86. The van der Waals surface area contributed by atoms with E-state index in [1.54, 1.807) is 6.20 Å². The summed E-state index contributed by atoms with van der Waals surface area (Å²) in [6.45, 7) is 0.409. The summed E-state index contributed by atoms with van der Waals surface area (Å²) < 4.78 is 6.03.